The Hall–Kier alpha value is -3.42. The first-order valence-electron chi connectivity index (χ1n) is 7.64. The van der Waals surface area contributed by atoms with E-state index in [1.165, 1.54) is 23.2 Å². The van der Waals surface area contributed by atoms with Crippen LogP contribution in [0, 0.1) is 0 Å². The molecule has 128 valence electrons. The molecule has 1 amide bonds. The molecular formula is C17H16N4O4. The summed E-state index contributed by atoms with van der Waals surface area (Å²) in [4.78, 5) is 27.5. The Morgan fingerprint density at radius 1 is 1.24 bits per heavy atom. The summed E-state index contributed by atoms with van der Waals surface area (Å²) in [5, 5.41) is 6.90. The maximum absolute atomic E-state index is 11.9. The number of carbonyl (C=O) groups is 1. The maximum Gasteiger partial charge on any atom is 0.266 e. The van der Waals surface area contributed by atoms with Gasteiger partial charge in [-0.2, -0.15) is 5.10 Å². The normalized spacial score (nSPS) is 10.4. The van der Waals surface area contributed by atoms with Crippen molar-refractivity contribution in [3.05, 3.63) is 65.4 Å². The highest BCUT2D eigenvalue weighted by molar-refractivity contribution is 5.77. The molecule has 0 radical (unpaired) electrons. The molecule has 0 aliphatic heterocycles. The Bertz CT molecular complexity index is 875. The molecule has 0 unspecified atom stereocenters. The van der Waals surface area contributed by atoms with Crippen LogP contribution in [0.3, 0.4) is 0 Å². The number of furan rings is 1. The predicted octanol–water partition coefficient (Wildman–Crippen LogP) is 1.09. The molecule has 0 bridgehead atoms. The van der Waals surface area contributed by atoms with Crippen LogP contribution in [0.4, 0.5) is 0 Å². The van der Waals surface area contributed by atoms with E-state index in [-0.39, 0.29) is 31.2 Å². The van der Waals surface area contributed by atoms with E-state index in [2.05, 4.69) is 15.4 Å². The SMILES string of the molecule is O=C(COc1cccnc1)NCCn1nc(-c2ccco2)ccc1=O. The van der Waals surface area contributed by atoms with E-state index in [1.807, 2.05) is 0 Å². The lowest BCUT2D eigenvalue weighted by atomic mass is 10.3. The van der Waals surface area contributed by atoms with Crippen molar-refractivity contribution in [2.75, 3.05) is 13.2 Å². The van der Waals surface area contributed by atoms with E-state index >= 15 is 0 Å². The number of aromatic nitrogens is 3. The van der Waals surface area contributed by atoms with Crippen LogP contribution < -0.4 is 15.6 Å². The van der Waals surface area contributed by atoms with Crippen LogP contribution in [0.1, 0.15) is 0 Å². The highest BCUT2D eigenvalue weighted by Gasteiger charge is 2.07. The molecule has 0 aliphatic rings. The van der Waals surface area contributed by atoms with Crippen LogP contribution in [0.15, 0.2) is 64.3 Å². The molecule has 0 atom stereocenters. The zero-order valence-corrected chi connectivity index (χ0v) is 13.3. The van der Waals surface area contributed by atoms with Gasteiger partial charge in [-0.1, -0.05) is 0 Å². The van der Waals surface area contributed by atoms with Gasteiger partial charge in [-0.3, -0.25) is 14.6 Å². The van der Waals surface area contributed by atoms with Crippen LogP contribution in [-0.4, -0.2) is 33.8 Å². The largest absolute Gasteiger partial charge is 0.482 e. The Morgan fingerprint density at radius 3 is 2.92 bits per heavy atom. The Morgan fingerprint density at radius 2 is 2.16 bits per heavy atom. The summed E-state index contributed by atoms with van der Waals surface area (Å²) in [5.74, 6) is 0.795. The van der Waals surface area contributed by atoms with Crippen LogP contribution >= 0.6 is 0 Å². The topological polar surface area (TPSA) is 99.2 Å². The zero-order chi connectivity index (χ0) is 17.5. The third-order valence-corrected chi connectivity index (χ3v) is 3.29. The van der Waals surface area contributed by atoms with Crippen molar-refractivity contribution in [2.45, 2.75) is 6.54 Å². The lowest BCUT2D eigenvalue weighted by Gasteiger charge is -2.08. The molecule has 8 heteroatoms. The van der Waals surface area contributed by atoms with Gasteiger partial charge in [0.05, 0.1) is 19.0 Å². The van der Waals surface area contributed by atoms with Gasteiger partial charge in [0.25, 0.3) is 11.5 Å². The van der Waals surface area contributed by atoms with Gasteiger partial charge in [-0.25, -0.2) is 4.68 Å². The summed E-state index contributed by atoms with van der Waals surface area (Å²) in [6, 6.07) is 9.95. The van der Waals surface area contributed by atoms with Gasteiger partial charge in [0.2, 0.25) is 0 Å². The molecule has 3 rings (SSSR count). The van der Waals surface area contributed by atoms with Gasteiger partial charge in [0, 0.05) is 18.8 Å². The van der Waals surface area contributed by atoms with Crippen LogP contribution in [0.2, 0.25) is 0 Å². The van der Waals surface area contributed by atoms with Crippen molar-refractivity contribution in [2.24, 2.45) is 0 Å². The van der Waals surface area contributed by atoms with Crippen molar-refractivity contribution < 1.29 is 13.9 Å². The van der Waals surface area contributed by atoms with Crippen molar-refractivity contribution in [1.29, 1.82) is 0 Å². The van der Waals surface area contributed by atoms with Crippen molar-refractivity contribution in [3.8, 4) is 17.2 Å². The van der Waals surface area contributed by atoms with Gasteiger partial charge >= 0.3 is 0 Å². The Labute approximate surface area is 143 Å². The lowest BCUT2D eigenvalue weighted by Crippen LogP contribution is -2.34. The number of hydrogen-bond donors (Lipinski definition) is 1. The Balaban J connectivity index is 1.51. The molecule has 0 saturated heterocycles. The fourth-order valence-corrected chi connectivity index (χ4v) is 2.10. The molecule has 3 heterocycles. The monoisotopic (exact) mass is 340 g/mol. The second-order valence-electron chi connectivity index (χ2n) is 5.08. The molecule has 0 aliphatic carbocycles. The molecule has 3 aromatic heterocycles. The predicted molar refractivity (Wildman–Crippen MR) is 88.9 cm³/mol. The minimum absolute atomic E-state index is 0.125. The fourth-order valence-electron chi connectivity index (χ4n) is 2.10. The van der Waals surface area contributed by atoms with Gasteiger partial charge in [0.15, 0.2) is 12.4 Å². The van der Waals surface area contributed by atoms with Crippen LogP contribution in [0.25, 0.3) is 11.5 Å². The molecule has 0 aromatic carbocycles. The van der Waals surface area contributed by atoms with Crippen LogP contribution in [-0.2, 0) is 11.3 Å². The summed E-state index contributed by atoms with van der Waals surface area (Å²) in [7, 11) is 0. The molecule has 3 aromatic rings. The highest BCUT2D eigenvalue weighted by Crippen LogP contribution is 2.14. The zero-order valence-electron chi connectivity index (χ0n) is 13.3. The maximum atomic E-state index is 11.9. The molecule has 8 nitrogen and oxygen atoms in total. The van der Waals surface area contributed by atoms with Crippen molar-refractivity contribution in [1.82, 2.24) is 20.1 Å². The van der Waals surface area contributed by atoms with Crippen molar-refractivity contribution in [3.63, 3.8) is 0 Å². The number of hydrogen-bond acceptors (Lipinski definition) is 6. The molecular weight excluding hydrogens is 324 g/mol. The lowest BCUT2D eigenvalue weighted by molar-refractivity contribution is -0.123. The van der Waals surface area contributed by atoms with E-state index in [1.54, 1.807) is 36.5 Å². The standard InChI is InChI=1S/C17H16N4O4/c22-16(12-25-13-3-1-7-18-11-13)19-8-9-21-17(23)6-5-14(20-21)15-4-2-10-24-15/h1-7,10-11H,8-9,12H2,(H,19,22). The summed E-state index contributed by atoms with van der Waals surface area (Å²) in [6.07, 6.45) is 4.68. The third kappa shape index (κ3) is 4.54. The number of nitrogens with zero attached hydrogens (tertiary/aromatic N) is 3. The number of pyridine rings is 1. The fraction of sp³-hybridized carbons (Fsp3) is 0.176. The average Bonchev–Trinajstić information content (AvgIpc) is 3.17. The van der Waals surface area contributed by atoms with Gasteiger partial charge in [-0.15, -0.1) is 0 Å². The first kappa shape index (κ1) is 16.4. The first-order valence-corrected chi connectivity index (χ1v) is 7.64. The van der Waals surface area contributed by atoms with E-state index < -0.39 is 0 Å². The summed E-state index contributed by atoms with van der Waals surface area (Å²) < 4.78 is 11.8. The van der Waals surface area contributed by atoms with Crippen LogP contribution in [0.5, 0.6) is 5.75 Å². The van der Waals surface area contributed by atoms with E-state index in [0.29, 0.717) is 17.2 Å². The number of rotatable bonds is 7. The summed E-state index contributed by atoms with van der Waals surface area (Å²) in [5.41, 5.74) is 0.298. The second-order valence-corrected chi connectivity index (χ2v) is 5.08. The highest BCUT2D eigenvalue weighted by atomic mass is 16.5. The third-order valence-electron chi connectivity index (χ3n) is 3.29. The number of amides is 1. The Kier molecular flexibility index (Phi) is 5.20. The minimum Gasteiger partial charge on any atom is -0.482 e. The number of carbonyl (C=O) groups excluding carboxylic acids is 1. The summed E-state index contributed by atoms with van der Waals surface area (Å²) in [6.45, 7) is 0.371. The van der Waals surface area contributed by atoms with Gasteiger partial charge in [0.1, 0.15) is 11.4 Å². The molecule has 0 spiro atoms. The molecule has 0 saturated carbocycles. The van der Waals surface area contributed by atoms with E-state index in [0.717, 1.165) is 0 Å². The molecule has 0 fully saturated rings. The molecule has 25 heavy (non-hydrogen) atoms. The van der Waals surface area contributed by atoms with E-state index in [9.17, 15) is 9.59 Å². The summed E-state index contributed by atoms with van der Waals surface area (Å²) >= 11 is 0. The van der Waals surface area contributed by atoms with Crippen molar-refractivity contribution >= 4 is 5.91 Å². The second kappa shape index (κ2) is 7.91. The number of ether oxygens (including phenoxy) is 1. The average molecular weight is 340 g/mol. The minimum atomic E-state index is -0.293. The van der Waals surface area contributed by atoms with Gasteiger partial charge < -0.3 is 14.5 Å². The van der Waals surface area contributed by atoms with Gasteiger partial charge in [-0.05, 0) is 30.3 Å². The molecule has 1 N–H and O–H groups in total. The smallest absolute Gasteiger partial charge is 0.266 e. The quantitative estimate of drug-likeness (QED) is 0.691. The first-order chi connectivity index (χ1) is 12.2. The van der Waals surface area contributed by atoms with E-state index in [4.69, 9.17) is 9.15 Å². The number of nitrogens with one attached hydrogen (secondary N) is 1.